The summed E-state index contributed by atoms with van der Waals surface area (Å²) in [5, 5.41) is 8.13. The third-order valence-electron chi connectivity index (χ3n) is 5.91. The Bertz CT molecular complexity index is 964. The fraction of sp³-hybridized carbons (Fsp3) is 0.429. The van der Waals surface area contributed by atoms with Crippen LogP contribution in [-0.2, 0) is 9.47 Å². The first kappa shape index (κ1) is 16.7. The molecule has 0 unspecified atom stereocenters. The van der Waals surface area contributed by atoms with Gasteiger partial charge in [0.2, 0.25) is 0 Å². The highest BCUT2D eigenvalue weighted by molar-refractivity contribution is 6.00. The number of anilines is 1. The maximum Gasteiger partial charge on any atom is 0.183 e. The zero-order valence-electron chi connectivity index (χ0n) is 15.5. The van der Waals surface area contributed by atoms with E-state index in [4.69, 9.17) is 20.2 Å². The highest BCUT2D eigenvalue weighted by Gasteiger charge is 2.41. The van der Waals surface area contributed by atoms with E-state index in [-0.39, 0.29) is 5.79 Å². The predicted molar refractivity (Wildman–Crippen MR) is 104 cm³/mol. The number of pyridine rings is 1. The number of aromatic nitrogens is 3. The van der Waals surface area contributed by atoms with Gasteiger partial charge in [0, 0.05) is 24.5 Å². The van der Waals surface area contributed by atoms with Crippen LogP contribution in [0.25, 0.3) is 22.2 Å². The smallest absolute Gasteiger partial charge is 0.183 e. The van der Waals surface area contributed by atoms with Crippen molar-refractivity contribution in [3.8, 4) is 11.1 Å². The fourth-order valence-electron chi connectivity index (χ4n) is 4.38. The molecule has 3 N–H and O–H groups in total. The quantitative estimate of drug-likeness (QED) is 0.720. The summed E-state index contributed by atoms with van der Waals surface area (Å²) in [5.74, 6) is 0.599. The van der Waals surface area contributed by atoms with Crippen molar-refractivity contribution in [1.82, 2.24) is 15.2 Å². The molecule has 1 aliphatic heterocycles. The number of nitrogens with one attached hydrogen (secondary N) is 1. The van der Waals surface area contributed by atoms with E-state index in [0.717, 1.165) is 47.9 Å². The minimum atomic E-state index is -0.350. The molecule has 2 fully saturated rings. The molecule has 27 heavy (non-hydrogen) atoms. The van der Waals surface area contributed by atoms with Gasteiger partial charge in [-0.3, -0.25) is 5.10 Å². The number of hydrogen-bond donors (Lipinski definition) is 2. The lowest BCUT2D eigenvalue weighted by Gasteiger charge is -2.35. The summed E-state index contributed by atoms with van der Waals surface area (Å²) in [4.78, 5) is 4.83. The van der Waals surface area contributed by atoms with Crippen molar-refractivity contribution < 1.29 is 9.47 Å². The number of nitrogens with two attached hydrogens (primary N) is 1. The van der Waals surface area contributed by atoms with Crippen molar-refractivity contribution in [2.75, 3.05) is 18.9 Å². The molecule has 5 rings (SSSR count). The van der Waals surface area contributed by atoms with Crippen LogP contribution in [0.15, 0.2) is 30.3 Å². The van der Waals surface area contributed by atoms with E-state index in [2.05, 4.69) is 47.5 Å². The average molecular weight is 364 g/mol. The van der Waals surface area contributed by atoms with E-state index in [9.17, 15) is 0 Å². The normalized spacial score (nSPS) is 19.9. The molecule has 0 bridgehead atoms. The molecule has 1 saturated heterocycles. The number of hydrogen-bond acceptors (Lipinski definition) is 5. The molecule has 3 aromatic rings. The standard InChI is InChI=1S/C21H24N4O2/c1-13-2-4-14(5-3-13)16-12-17(23-20-18(16)19(22)24-25-20)15-6-8-21(9-7-15)26-10-11-27-21/h2-5,12,15H,6-11H2,1H3,(H3,22,23,24,25). The van der Waals surface area contributed by atoms with Crippen LogP contribution < -0.4 is 5.73 Å². The van der Waals surface area contributed by atoms with E-state index >= 15 is 0 Å². The molecule has 3 heterocycles. The molecule has 1 spiro atoms. The van der Waals surface area contributed by atoms with Crippen molar-refractivity contribution in [1.29, 1.82) is 0 Å². The second-order valence-electron chi connectivity index (χ2n) is 7.68. The minimum absolute atomic E-state index is 0.350. The Balaban J connectivity index is 1.53. The van der Waals surface area contributed by atoms with E-state index in [1.165, 1.54) is 5.56 Å². The highest BCUT2D eigenvalue weighted by atomic mass is 16.7. The molecule has 2 aliphatic rings. The maximum atomic E-state index is 6.16. The van der Waals surface area contributed by atoms with Gasteiger partial charge < -0.3 is 15.2 Å². The molecule has 0 amide bonds. The monoisotopic (exact) mass is 364 g/mol. The lowest BCUT2D eigenvalue weighted by atomic mass is 9.82. The van der Waals surface area contributed by atoms with Crippen LogP contribution in [0.1, 0.15) is 42.9 Å². The Hall–Kier alpha value is -2.44. The molecule has 1 aliphatic carbocycles. The van der Waals surface area contributed by atoms with Gasteiger partial charge in [0.15, 0.2) is 11.4 Å². The number of rotatable bonds is 2. The number of aryl methyl sites for hydroxylation is 1. The lowest BCUT2D eigenvalue weighted by Crippen LogP contribution is -2.34. The van der Waals surface area contributed by atoms with E-state index in [1.54, 1.807) is 0 Å². The SMILES string of the molecule is Cc1ccc(-c2cc(C3CCC4(CC3)OCCO4)nc3n[nH]c(N)c23)cc1. The molecule has 6 heteroatoms. The first-order chi connectivity index (χ1) is 13.1. The number of aromatic amines is 1. The molecule has 1 aromatic carbocycles. The maximum absolute atomic E-state index is 6.16. The summed E-state index contributed by atoms with van der Waals surface area (Å²) in [6, 6.07) is 10.7. The molecule has 1 saturated carbocycles. The second-order valence-corrected chi connectivity index (χ2v) is 7.68. The average Bonchev–Trinajstić information content (AvgIpc) is 3.30. The van der Waals surface area contributed by atoms with Gasteiger partial charge in [0.25, 0.3) is 0 Å². The van der Waals surface area contributed by atoms with Crippen molar-refractivity contribution in [3.05, 3.63) is 41.6 Å². The van der Waals surface area contributed by atoms with Crippen LogP contribution in [0.5, 0.6) is 0 Å². The van der Waals surface area contributed by atoms with Gasteiger partial charge in [0.05, 0.1) is 18.6 Å². The number of nitrogens with zero attached hydrogens (tertiary/aromatic N) is 2. The number of fused-ring (bicyclic) bond motifs is 1. The number of benzene rings is 1. The Morgan fingerprint density at radius 3 is 2.52 bits per heavy atom. The summed E-state index contributed by atoms with van der Waals surface area (Å²) < 4.78 is 11.7. The molecule has 140 valence electrons. The van der Waals surface area contributed by atoms with E-state index in [0.29, 0.717) is 30.6 Å². The van der Waals surface area contributed by atoms with Crippen molar-refractivity contribution in [2.45, 2.75) is 44.3 Å². The van der Waals surface area contributed by atoms with Gasteiger partial charge in [-0.1, -0.05) is 29.8 Å². The Labute approximate surface area is 158 Å². The van der Waals surface area contributed by atoms with Crippen LogP contribution in [0.4, 0.5) is 5.82 Å². The van der Waals surface area contributed by atoms with Gasteiger partial charge in [-0.25, -0.2) is 4.98 Å². The molecule has 0 radical (unpaired) electrons. The third kappa shape index (κ3) is 2.89. The minimum Gasteiger partial charge on any atom is -0.383 e. The molecular formula is C21H24N4O2. The Morgan fingerprint density at radius 1 is 1.11 bits per heavy atom. The van der Waals surface area contributed by atoms with Crippen LogP contribution >= 0.6 is 0 Å². The summed E-state index contributed by atoms with van der Waals surface area (Å²) in [7, 11) is 0. The third-order valence-corrected chi connectivity index (χ3v) is 5.91. The Morgan fingerprint density at radius 2 is 1.81 bits per heavy atom. The van der Waals surface area contributed by atoms with Crippen molar-refractivity contribution in [3.63, 3.8) is 0 Å². The summed E-state index contributed by atoms with van der Waals surface area (Å²) in [6.07, 6.45) is 3.84. The lowest BCUT2D eigenvalue weighted by molar-refractivity contribution is -0.178. The number of nitrogen functional groups attached to an aromatic ring is 1. The summed E-state index contributed by atoms with van der Waals surface area (Å²) in [5.41, 5.74) is 11.4. The highest BCUT2D eigenvalue weighted by Crippen LogP contribution is 2.43. The Kier molecular flexibility index (Phi) is 3.91. The molecule has 6 nitrogen and oxygen atoms in total. The van der Waals surface area contributed by atoms with Crippen LogP contribution in [-0.4, -0.2) is 34.2 Å². The van der Waals surface area contributed by atoms with Crippen LogP contribution in [0, 0.1) is 6.92 Å². The van der Waals surface area contributed by atoms with Gasteiger partial charge >= 0.3 is 0 Å². The summed E-state index contributed by atoms with van der Waals surface area (Å²) >= 11 is 0. The van der Waals surface area contributed by atoms with Gasteiger partial charge in [-0.2, -0.15) is 5.10 Å². The van der Waals surface area contributed by atoms with Crippen molar-refractivity contribution in [2.24, 2.45) is 0 Å². The zero-order chi connectivity index (χ0) is 18.4. The molecule has 2 aromatic heterocycles. The summed E-state index contributed by atoms with van der Waals surface area (Å²) in [6.45, 7) is 3.51. The zero-order valence-corrected chi connectivity index (χ0v) is 15.5. The van der Waals surface area contributed by atoms with Crippen LogP contribution in [0.3, 0.4) is 0 Å². The van der Waals surface area contributed by atoms with Crippen molar-refractivity contribution >= 4 is 16.9 Å². The molecule has 0 atom stereocenters. The number of H-pyrrole nitrogens is 1. The first-order valence-corrected chi connectivity index (χ1v) is 9.63. The number of ether oxygens (including phenoxy) is 2. The fourth-order valence-corrected chi connectivity index (χ4v) is 4.38. The first-order valence-electron chi connectivity index (χ1n) is 9.63. The largest absolute Gasteiger partial charge is 0.383 e. The van der Waals surface area contributed by atoms with Crippen LogP contribution in [0.2, 0.25) is 0 Å². The van der Waals surface area contributed by atoms with Gasteiger partial charge in [0.1, 0.15) is 5.82 Å². The van der Waals surface area contributed by atoms with Gasteiger partial charge in [-0.05, 0) is 37.0 Å². The molecular weight excluding hydrogens is 340 g/mol. The second kappa shape index (κ2) is 6.32. The van der Waals surface area contributed by atoms with E-state index < -0.39 is 0 Å². The van der Waals surface area contributed by atoms with E-state index in [1.807, 2.05) is 0 Å². The van der Waals surface area contributed by atoms with Gasteiger partial charge in [-0.15, -0.1) is 0 Å². The predicted octanol–water partition coefficient (Wildman–Crippen LogP) is 3.92. The topological polar surface area (TPSA) is 86.0 Å².